The van der Waals surface area contributed by atoms with E-state index in [4.69, 9.17) is 21.9 Å². The number of hydrogen-bond donors (Lipinski definition) is 0. The number of ether oxygens (including phenoxy) is 1. The fourth-order valence-electron chi connectivity index (χ4n) is 4.13. The first-order valence-corrected chi connectivity index (χ1v) is 12.1. The van der Waals surface area contributed by atoms with Gasteiger partial charge in [-0.1, -0.05) is 49.1 Å². The Hall–Kier alpha value is -1.96. The van der Waals surface area contributed by atoms with Crippen LogP contribution in [0.4, 0.5) is 5.82 Å². The molecule has 0 saturated carbocycles. The number of hydrogen-bond acceptors (Lipinski definition) is 6. The fraction of sp³-hybridized carbons (Fsp3) is 0.458. The fourth-order valence-corrected chi connectivity index (χ4v) is 5.43. The van der Waals surface area contributed by atoms with Crippen LogP contribution in [0.3, 0.4) is 0 Å². The van der Waals surface area contributed by atoms with Crippen LogP contribution in [0.25, 0.3) is 17.0 Å². The van der Waals surface area contributed by atoms with E-state index in [1.807, 2.05) is 6.08 Å². The third-order valence-electron chi connectivity index (χ3n) is 6.03. The van der Waals surface area contributed by atoms with E-state index < -0.39 is 0 Å². The normalized spacial score (nSPS) is 19.3. The van der Waals surface area contributed by atoms with E-state index >= 15 is 0 Å². The zero-order chi connectivity index (χ0) is 22.0. The van der Waals surface area contributed by atoms with E-state index in [1.165, 1.54) is 17.3 Å². The standard InChI is InChI=1S/C24H29N3O2S2/c1-16-8-11-26(12-9-16)22-19(14-18-7-4-6-17(2)21(18)25-22)15-20-23(28)27(24(30)31-20)10-5-13-29-3/h4,6-7,14-16H,5,8-13H2,1-3H3/b20-15-. The molecule has 164 valence electrons. The van der Waals surface area contributed by atoms with Gasteiger partial charge >= 0.3 is 0 Å². The molecule has 0 aliphatic carbocycles. The molecule has 31 heavy (non-hydrogen) atoms. The summed E-state index contributed by atoms with van der Waals surface area (Å²) in [7, 11) is 1.67. The van der Waals surface area contributed by atoms with Gasteiger partial charge in [0.15, 0.2) is 0 Å². The Labute approximate surface area is 193 Å². The summed E-state index contributed by atoms with van der Waals surface area (Å²) in [5, 5.41) is 1.09. The van der Waals surface area contributed by atoms with Crippen LogP contribution < -0.4 is 4.90 Å². The van der Waals surface area contributed by atoms with Crippen molar-refractivity contribution in [3.63, 3.8) is 0 Å². The number of anilines is 1. The number of nitrogens with zero attached hydrogens (tertiary/aromatic N) is 3. The molecule has 1 aromatic carbocycles. The molecule has 0 atom stereocenters. The second-order valence-electron chi connectivity index (χ2n) is 8.40. The molecule has 0 N–H and O–H groups in total. The molecule has 2 saturated heterocycles. The van der Waals surface area contributed by atoms with Gasteiger partial charge in [0.05, 0.1) is 10.4 Å². The summed E-state index contributed by atoms with van der Waals surface area (Å²) in [6.07, 6.45) is 5.07. The van der Waals surface area contributed by atoms with E-state index in [0.29, 0.717) is 22.4 Å². The van der Waals surface area contributed by atoms with Gasteiger partial charge < -0.3 is 9.64 Å². The number of thiocarbonyl (C=S) groups is 1. The second-order valence-corrected chi connectivity index (χ2v) is 10.1. The lowest BCUT2D eigenvalue weighted by molar-refractivity contribution is -0.122. The molecule has 1 aromatic heterocycles. The Morgan fingerprint density at radius 3 is 2.84 bits per heavy atom. The van der Waals surface area contributed by atoms with Crippen molar-refractivity contribution in [1.29, 1.82) is 0 Å². The molecular formula is C24H29N3O2S2. The number of thioether (sulfide) groups is 1. The Morgan fingerprint density at radius 2 is 2.10 bits per heavy atom. The van der Waals surface area contributed by atoms with Gasteiger partial charge in [0.2, 0.25) is 0 Å². The summed E-state index contributed by atoms with van der Waals surface area (Å²) in [5.41, 5.74) is 3.19. The minimum absolute atomic E-state index is 0.0198. The molecule has 2 aliphatic heterocycles. The van der Waals surface area contributed by atoms with E-state index in [-0.39, 0.29) is 5.91 Å². The van der Waals surface area contributed by atoms with Crippen LogP contribution in [0.15, 0.2) is 29.2 Å². The Balaban J connectivity index is 1.71. The zero-order valence-electron chi connectivity index (χ0n) is 18.4. The molecule has 4 rings (SSSR count). The number of rotatable bonds is 6. The maximum atomic E-state index is 13.0. The van der Waals surface area contributed by atoms with E-state index in [2.05, 4.69) is 43.0 Å². The van der Waals surface area contributed by atoms with Crippen molar-refractivity contribution in [2.24, 2.45) is 5.92 Å². The van der Waals surface area contributed by atoms with E-state index in [9.17, 15) is 4.79 Å². The summed E-state index contributed by atoms with van der Waals surface area (Å²) in [4.78, 5) is 22.9. The molecule has 0 radical (unpaired) electrons. The Morgan fingerprint density at radius 1 is 1.32 bits per heavy atom. The number of aryl methyl sites for hydroxylation is 1. The van der Waals surface area contributed by atoms with Crippen LogP contribution in [0.5, 0.6) is 0 Å². The molecule has 7 heteroatoms. The van der Waals surface area contributed by atoms with Gasteiger partial charge in [0.1, 0.15) is 10.1 Å². The van der Waals surface area contributed by atoms with Gasteiger partial charge in [-0.3, -0.25) is 9.69 Å². The third kappa shape index (κ3) is 4.78. The number of carbonyl (C=O) groups excluding carboxylic acids is 1. The number of benzene rings is 1. The topological polar surface area (TPSA) is 45.7 Å². The second kappa shape index (κ2) is 9.67. The summed E-state index contributed by atoms with van der Waals surface area (Å²) < 4.78 is 5.74. The molecular weight excluding hydrogens is 426 g/mol. The summed E-state index contributed by atoms with van der Waals surface area (Å²) in [6.45, 7) is 7.59. The summed E-state index contributed by atoms with van der Waals surface area (Å²) >= 11 is 6.87. The van der Waals surface area contributed by atoms with Gasteiger partial charge in [0.25, 0.3) is 5.91 Å². The zero-order valence-corrected chi connectivity index (χ0v) is 20.0. The predicted octanol–water partition coefficient (Wildman–Crippen LogP) is 5.02. The largest absolute Gasteiger partial charge is 0.385 e. The molecule has 3 heterocycles. The molecule has 2 aliphatic rings. The highest BCUT2D eigenvalue weighted by Crippen LogP contribution is 2.36. The predicted molar refractivity (Wildman–Crippen MR) is 133 cm³/mol. The minimum atomic E-state index is -0.0198. The van der Waals surface area contributed by atoms with Gasteiger partial charge in [0, 0.05) is 44.3 Å². The maximum Gasteiger partial charge on any atom is 0.266 e. The first-order chi connectivity index (χ1) is 15.0. The highest BCUT2D eigenvalue weighted by atomic mass is 32.2. The van der Waals surface area contributed by atoms with Crippen LogP contribution in [-0.4, -0.2) is 53.5 Å². The van der Waals surface area contributed by atoms with Crippen LogP contribution in [-0.2, 0) is 9.53 Å². The first-order valence-electron chi connectivity index (χ1n) is 10.9. The quantitative estimate of drug-likeness (QED) is 0.346. The van der Waals surface area contributed by atoms with Gasteiger partial charge in [-0.25, -0.2) is 4.98 Å². The first kappa shape index (κ1) is 22.2. The lowest BCUT2D eigenvalue weighted by Crippen LogP contribution is -2.34. The molecule has 2 aromatic rings. The Bertz CT molecular complexity index is 1030. The van der Waals surface area contributed by atoms with Crippen molar-refractivity contribution >= 4 is 57.0 Å². The van der Waals surface area contributed by atoms with Crippen molar-refractivity contribution in [2.45, 2.75) is 33.1 Å². The highest BCUT2D eigenvalue weighted by molar-refractivity contribution is 8.26. The van der Waals surface area contributed by atoms with E-state index in [0.717, 1.165) is 60.6 Å². The van der Waals surface area contributed by atoms with Crippen molar-refractivity contribution in [3.8, 4) is 0 Å². The smallest absolute Gasteiger partial charge is 0.266 e. The molecule has 0 unspecified atom stereocenters. The Kier molecular flexibility index (Phi) is 6.94. The van der Waals surface area contributed by atoms with E-state index in [1.54, 1.807) is 12.0 Å². The lowest BCUT2D eigenvalue weighted by atomic mass is 9.98. The number of carbonyl (C=O) groups is 1. The number of fused-ring (bicyclic) bond motifs is 1. The molecule has 5 nitrogen and oxygen atoms in total. The molecule has 0 spiro atoms. The van der Waals surface area contributed by atoms with Crippen LogP contribution in [0.2, 0.25) is 0 Å². The van der Waals surface area contributed by atoms with Crippen molar-refractivity contribution in [3.05, 3.63) is 40.3 Å². The van der Waals surface area contributed by atoms with Crippen molar-refractivity contribution < 1.29 is 9.53 Å². The average molecular weight is 456 g/mol. The van der Waals surface area contributed by atoms with Crippen molar-refractivity contribution in [2.75, 3.05) is 38.3 Å². The number of pyridine rings is 1. The van der Waals surface area contributed by atoms with Crippen LogP contribution in [0.1, 0.15) is 37.3 Å². The SMILES string of the molecule is COCCCN1C(=O)/C(=C/c2cc3cccc(C)c3nc2N2CCC(C)CC2)SC1=S. The molecule has 0 bridgehead atoms. The lowest BCUT2D eigenvalue weighted by Gasteiger charge is -2.32. The number of methoxy groups -OCH3 is 1. The molecule has 2 fully saturated rings. The van der Waals surface area contributed by atoms with Crippen molar-refractivity contribution in [1.82, 2.24) is 9.88 Å². The van der Waals surface area contributed by atoms with Gasteiger partial charge in [-0.15, -0.1) is 0 Å². The van der Waals surface area contributed by atoms with Crippen LogP contribution in [0, 0.1) is 12.8 Å². The summed E-state index contributed by atoms with van der Waals surface area (Å²) in [5.74, 6) is 1.69. The number of piperidine rings is 1. The third-order valence-corrected chi connectivity index (χ3v) is 7.41. The number of aromatic nitrogens is 1. The van der Waals surface area contributed by atoms with Crippen LogP contribution >= 0.6 is 24.0 Å². The number of amides is 1. The number of para-hydroxylation sites is 1. The van der Waals surface area contributed by atoms with Gasteiger partial charge in [-0.2, -0.15) is 0 Å². The van der Waals surface area contributed by atoms with Gasteiger partial charge in [-0.05, 0) is 49.8 Å². The average Bonchev–Trinajstić information content (AvgIpc) is 3.02. The molecule has 1 amide bonds. The monoisotopic (exact) mass is 455 g/mol. The summed E-state index contributed by atoms with van der Waals surface area (Å²) in [6, 6.07) is 8.41. The minimum Gasteiger partial charge on any atom is -0.385 e. The highest BCUT2D eigenvalue weighted by Gasteiger charge is 2.32. The maximum absolute atomic E-state index is 13.0.